The van der Waals surface area contributed by atoms with E-state index >= 15 is 0 Å². The van der Waals surface area contributed by atoms with E-state index in [1.54, 1.807) is 18.2 Å². The van der Waals surface area contributed by atoms with E-state index in [4.69, 9.17) is 40.2 Å². The molecule has 160 valence electrons. The predicted octanol–water partition coefficient (Wildman–Crippen LogP) is 4.37. The molecule has 1 aliphatic heterocycles. The van der Waals surface area contributed by atoms with E-state index in [1.165, 1.54) is 5.56 Å². The molecule has 5 nitrogen and oxygen atoms in total. The zero-order valence-corrected chi connectivity index (χ0v) is 19.0. The fourth-order valence-corrected chi connectivity index (χ4v) is 3.98. The van der Waals surface area contributed by atoms with Crippen LogP contribution in [0.4, 0.5) is 0 Å². The quantitative estimate of drug-likeness (QED) is 0.485. The number of amides is 1. The molecular weight excluding hydrogens is 441 g/mol. The van der Waals surface area contributed by atoms with Crippen molar-refractivity contribution < 1.29 is 9.53 Å². The number of thiocarbonyl (C=S) groups is 1. The molecule has 0 spiro atoms. The average Bonchev–Trinajstić information content (AvgIpc) is 2.73. The van der Waals surface area contributed by atoms with Crippen molar-refractivity contribution in [1.29, 1.82) is 0 Å². The van der Waals surface area contributed by atoms with Gasteiger partial charge in [0.05, 0.1) is 11.6 Å². The number of ether oxygens (including phenoxy) is 1. The molecule has 8 heteroatoms. The summed E-state index contributed by atoms with van der Waals surface area (Å²) < 4.78 is 5.60. The first-order chi connectivity index (χ1) is 14.5. The Bertz CT molecular complexity index is 859. The molecule has 30 heavy (non-hydrogen) atoms. The first kappa shape index (κ1) is 22.8. The first-order valence-electron chi connectivity index (χ1n) is 9.94. The molecular formula is C22H25Cl2N3O2S. The average molecular weight is 466 g/mol. The van der Waals surface area contributed by atoms with Gasteiger partial charge in [-0.1, -0.05) is 53.5 Å². The number of hydrogen-bond donors (Lipinski definition) is 1. The number of benzene rings is 2. The van der Waals surface area contributed by atoms with Crippen molar-refractivity contribution in [2.75, 3.05) is 32.8 Å². The molecule has 1 heterocycles. The molecule has 0 unspecified atom stereocenters. The summed E-state index contributed by atoms with van der Waals surface area (Å²) in [7, 11) is 0. The van der Waals surface area contributed by atoms with Crippen molar-refractivity contribution in [3.8, 4) is 5.75 Å². The van der Waals surface area contributed by atoms with Gasteiger partial charge < -0.3 is 15.0 Å². The predicted molar refractivity (Wildman–Crippen MR) is 125 cm³/mol. The monoisotopic (exact) mass is 465 g/mol. The number of piperazine rings is 1. The van der Waals surface area contributed by atoms with Crippen LogP contribution < -0.4 is 10.1 Å². The lowest BCUT2D eigenvalue weighted by Crippen LogP contribution is -2.52. The van der Waals surface area contributed by atoms with Crippen molar-refractivity contribution in [2.24, 2.45) is 0 Å². The highest BCUT2D eigenvalue weighted by Crippen LogP contribution is 2.27. The largest absolute Gasteiger partial charge is 0.492 e. The Morgan fingerprint density at radius 3 is 2.50 bits per heavy atom. The highest BCUT2D eigenvalue weighted by molar-refractivity contribution is 7.80. The van der Waals surface area contributed by atoms with Gasteiger partial charge in [0.15, 0.2) is 5.11 Å². The fraction of sp³-hybridized carbons (Fsp3) is 0.364. The van der Waals surface area contributed by atoms with Gasteiger partial charge in [-0.2, -0.15) is 0 Å². The standard InChI is InChI=1S/C22H25Cl2N3O2S/c23-18-8-9-20(19(24)15-18)29-14-4-7-21(28)25-22(30)27-12-10-26(11-13-27)16-17-5-2-1-3-6-17/h1-3,5-6,8-9,15H,4,7,10-14,16H2,(H,25,28,30). The maximum absolute atomic E-state index is 12.2. The van der Waals surface area contributed by atoms with Gasteiger partial charge in [-0.25, -0.2) is 0 Å². The Kier molecular flexibility index (Phi) is 8.75. The summed E-state index contributed by atoms with van der Waals surface area (Å²) in [5.41, 5.74) is 1.31. The Labute approximate surface area is 192 Å². The number of nitrogens with one attached hydrogen (secondary N) is 1. The summed E-state index contributed by atoms with van der Waals surface area (Å²) in [6.07, 6.45) is 0.900. The van der Waals surface area contributed by atoms with Gasteiger partial charge in [0.2, 0.25) is 5.91 Å². The van der Waals surface area contributed by atoms with Crippen LogP contribution in [-0.4, -0.2) is 53.6 Å². The summed E-state index contributed by atoms with van der Waals surface area (Å²) in [4.78, 5) is 16.6. The van der Waals surface area contributed by atoms with Crippen molar-refractivity contribution in [3.63, 3.8) is 0 Å². The minimum Gasteiger partial charge on any atom is -0.492 e. The minimum atomic E-state index is -0.0995. The first-order valence-corrected chi connectivity index (χ1v) is 11.1. The molecule has 0 aliphatic carbocycles. The molecule has 1 amide bonds. The molecule has 0 atom stereocenters. The Hall–Kier alpha value is -1.86. The Morgan fingerprint density at radius 2 is 1.80 bits per heavy atom. The maximum atomic E-state index is 12.2. The van der Waals surface area contributed by atoms with Crippen LogP contribution in [0.1, 0.15) is 18.4 Å². The van der Waals surface area contributed by atoms with Crippen molar-refractivity contribution in [2.45, 2.75) is 19.4 Å². The molecule has 1 saturated heterocycles. The van der Waals surface area contributed by atoms with E-state index < -0.39 is 0 Å². The van der Waals surface area contributed by atoms with Crippen LogP contribution in [-0.2, 0) is 11.3 Å². The van der Waals surface area contributed by atoms with Crippen LogP contribution >= 0.6 is 35.4 Å². The number of carbonyl (C=O) groups excluding carboxylic acids is 1. The third kappa shape index (κ3) is 7.13. The van der Waals surface area contributed by atoms with Crippen molar-refractivity contribution in [3.05, 3.63) is 64.1 Å². The maximum Gasteiger partial charge on any atom is 0.226 e. The minimum absolute atomic E-state index is 0.0995. The highest BCUT2D eigenvalue weighted by Gasteiger charge is 2.20. The van der Waals surface area contributed by atoms with Gasteiger partial charge in [0, 0.05) is 44.2 Å². The zero-order valence-electron chi connectivity index (χ0n) is 16.7. The second-order valence-corrected chi connectivity index (χ2v) is 8.36. The second-order valence-electron chi connectivity index (χ2n) is 7.13. The molecule has 0 bridgehead atoms. The third-order valence-electron chi connectivity index (χ3n) is 4.85. The lowest BCUT2D eigenvalue weighted by Gasteiger charge is -2.36. The second kappa shape index (κ2) is 11.5. The van der Waals surface area contributed by atoms with Crippen LogP contribution in [0.25, 0.3) is 0 Å². The zero-order chi connectivity index (χ0) is 21.3. The molecule has 0 saturated carbocycles. The van der Waals surface area contributed by atoms with Gasteiger partial charge in [0.25, 0.3) is 0 Å². The van der Waals surface area contributed by atoms with E-state index in [9.17, 15) is 4.79 Å². The van der Waals surface area contributed by atoms with Crippen LogP contribution in [0.2, 0.25) is 10.0 Å². The fourth-order valence-electron chi connectivity index (χ4n) is 3.22. The summed E-state index contributed by atoms with van der Waals surface area (Å²) in [6, 6.07) is 15.5. The van der Waals surface area contributed by atoms with Gasteiger partial charge in [-0.15, -0.1) is 0 Å². The number of hydrogen-bond acceptors (Lipinski definition) is 4. The van der Waals surface area contributed by atoms with Crippen molar-refractivity contribution >= 4 is 46.4 Å². The lowest BCUT2D eigenvalue weighted by molar-refractivity contribution is -0.120. The molecule has 0 aromatic heterocycles. The van der Waals surface area contributed by atoms with Gasteiger partial charge in [-0.3, -0.25) is 9.69 Å². The van der Waals surface area contributed by atoms with Crippen LogP contribution in [0.5, 0.6) is 5.75 Å². The Morgan fingerprint density at radius 1 is 1.07 bits per heavy atom. The van der Waals surface area contributed by atoms with Crippen molar-refractivity contribution in [1.82, 2.24) is 15.1 Å². The molecule has 0 radical (unpaired) electrons. The lowest BCUT2D eigenvalue weighted by atomic mass is 10.2. The van der Waals surface area contributed by atoms with Gasteiger partial charge >= 0.3 is 0 Å². The van der Waals surface area contributed by atoms with Crippen LogP contribution in [0.3, 0.4) is 0 Å². The van der Waals surface area contributed by atoms with Crippen LogP contribution in [0.15, 0.2) is 48.5 Å². The van der Waals surface area contributed by atoms with E-state index in [1.807, 2.05) is 6.07 Å². The summed E-state index contributed by atoms with van der Waals surface area (Å²) in [5, 5.41) is 4.35. The SMILES string of the molecule is O=C(CCCOc1ccc(Cl)cc1Cl)NC(=S)N1CCN(Cc2ccccc2)CC1. The van der Waals surface area contributed by atoms with E-state index in [0.29, 0.717) is 40.4 Å². The Balaban J connectivity index is 1.32. The molecule has 1 fully saturated rings. The van der Waals surface area contributed by atoms with Gasteiger partial charge in [0.1, 0.15) is 5.75 Å². The summed E-state index contributed by atoms with van der Waals surface area (Å²) in [5.74, 6) is 0.461. The smallest absolute Gasteiger partial charge is 0.226 e. The molecule has 1 aliphatic rings. The summed E-state index contributed by atoms with van der Waals surface area (Å²) in [6.45, 7) is 4.78. The number of carbonyl (C=O) groups is 1. The number of nitrogens with zero attached hydrogens (tertiary/aromatic N) is 2. The van der Waals surface area contributed by atoms with E-state index in [-0.39, 0.29) is 5.91 Å². The number of halogens is 2. The topological polar surface area (TPSA) is 44.8 Å². The van der Waals surface area contributed by atoms with Crippen LogP contribution in [0, 0.1) is 0 Å². The number of rotatable bonds is 7. The molecule has 2 aromatic rings. The van der Waals surface area contributed by atoms with E-state index in [0.717, 1.165) is 32.7 Å². The summed E-state index contributed by atoms with van der Waals surface area (Å²) >= 11 is 17.3. The van der Waals surface area contributed by atoms with E-state index in [2.05, 4.69) is 39.4 Å². The molecule has 2 aromatic carbocycles. The molecule has 3 rings (SSSR count). The highest BCUT2D eigenvalue weighted by atomic mass is 35.5. The molecule has 1 N–H and O–H groups in total. The van der Waals surface area contributed by atoms with Gasteiger partial charge in [-0.05, 0) is 42.4 Å². The normalized spacial score (nSPS) is 14.4. The third-order valence-corrected chi connectivity index (χ3v) is 5.75.